The third-order valence-electron chi connectivity index (χ3n) is 3.22. The number of nitrogens with zero attached hydrogens (tertiary/aromatic N) is 1. The largest absolute Gasteiger partial charge is 0.461 e. The number of aryl methyl sites for hydroxylation is 1. The average molecular weight is 287 g/mol. The summed E-state index contributed by atoms with van der Waals surface area (Å²) in [5.74, 6) is -0.753. The number of H-pyrrole nitrogens is 2. The van der Waals surface area contributed by atoms with Gasteiger partial charge in [0.25, 0.3) is 0 Å². The molecule has 1 aromatic carbocycles. The topological polar surface area (TPSA) is 70.8 Å². The molecule has 0 saturated carbocycles. The van der Waals surface area contributed by atoms with Gasteiger partial charge in [0.2, 0.25) is 0 Å². The highest BCUT2D eigenvalue weighted by Gasteiger charge is 2.15. The van der Waals surface area contributed by atoms with Crippen molar-refractivity contribution < 1.29 is 13.9 Å². The minimum atomic E-state index is -0.461. The lowest BCUT2D eigenvalue weighted by molar-refractivity contribution is 0.0519. The van der Waals surface area contributed by atoms with Crippen molar-refractivity contribution in [3.05, 3.63) is 41.5 Å². The van der Waals surface area contributed by atoms with Crippen LogP contribution >= 0.6 is 0 Å². The van der Waals surface area contributed by atoms with Gasteiger partial charge in [0.05, 0.1) is 17.8 Å². The van der Waals surface area contributed by atoms with Crippen molar-refractivity contribution in [2.75, 3.05) is 6.61 Å². The molecule has 0 aliphatic heterocycles. The Morgan fingerprint density at radius 2 is 2.19 bits per heavy atom. The van der Waals surface area contributed by atoms with Crippen LogP contribution in [0.2, 0.25) is 0 Å². The summed E-state index contributed by atoms with van der Waals surface area (Å²) >= 11 is 0. The Hall–Kier alpha value is -2.63. The molecule has 0 atom stereocenters. The number of esters is 1. The molecule has 2 heterocycles. The SMILES string of the molecule is CCOC(=O)c1cc(-c2ccc(F)c3cc(C)[nH]c23)n[nH]1. The van der Waals surface area contributed by atoms with E-state index in [0.29, 0.717) is 23.2 Å². The van der Waals surface area contributed by atoms with Crippen molar-refractivity contribution in [2.45, 2.75) is 13.8 Å². The van der Waals surface area contributed by atoms with Gasteiger partial charge in [-0.15, -0.1) is 0 Å². The van der Waals surface area contributed by atoms with E-state index in [1.165, 1.54) is 6.07 Å². The van der Waals surface area contributed by atoms with Crippen LogP contribution in [-0.4, -0.2) is 27.8 Å². The van der Waals surface area contributed by atoms with Gasteiger partial charge in [0.1, 0.15) is 11.5 Å². The molecule has 0 saturated heterocycles. The van der Waals surface area contributed by atoms with Crippen molar-refractivity contribution in [3.8, 4) is 11.3 Å². The van der Waals surface area contributed by atoms with Gasteiger partial charge in [0, 0.05) is 16.6 Å². The molecule has 0 unspecified atom stereocenters. The number of carbonyl (C=O) groups is 1. The standard InChI is InChI=1S/C15H14FN3O2/c1-3-21-15(20)13-7-12(18-19-13)9-4-5-11(16)10-6-8(2)17-14(9)10/h4-7,17H,3H2,1-2H3,(H,18,19). The summed E-state index contributed by atoms with van der Waals surface area (Å²) in [6, 6.07) is 6.37. The molecule has 2 aromatic heterocycles. The van der Waals surface area contributed by atoms with Gasteiger partial charge in [-0.05, 0) is 38.1 Å². The maximum atomic E-state index is 13.8. The van der Waals surface area contributed by atoms with Gasteiger partial charge in [0.15, 0.2) is 0 Å². The molecule has 108 valence electrons. The highest BCUT2D eigenvalue weighted by Crippen LogP contribution is 2.29. The van der Waals surface area contributed by atoms with Crippen LogP contribution in [0.25, 0.3) is 22.2 Å². The maximum absolute atomic E-state index is 13.8. The molecule has 21 heavy (non-hydrogen) atoms. The number of hydrogen-bond donors (Lipinski definition) is 2. The molecule has 0 spiro atoms. The van der Waals surface area contributed by atoms with E-state index < -0.39 is 5.97 Å². The van der Waals surface area contributed by atoms with Crippen LogP contribution in [0.5, 0.6) is 0 Å². The molecule has 0 aliphatic carbocycles. The van der Waals surface area contributed by atoms with Crippen LogP contribution in [0.15, 0.2) is 24.3 Å². The van der Waals surface area contributed by atoms with Gasteiger partial charge in [-0.3, -0.25) is 5.10 Å². The van der Waals surface area contributed by atoms with Crippen LogP contribution in [-0.2, 0) is 4.74 Å². The molecule has 0 bridgehead atoms. The second kappa shape index (κ2) is 5.05. The minimum absolute atomic E-state index is 0.271. The molecule has 6 heteroatoms. The fraction of sp³-hybridized carbons (Fsp3) is 0.200. The van der Waals surface area contributed by atoms with Crippen LogP contribution in [0, 0.1) is 12.7 Å². The summed E-state index contributed by atoms with van der Waals surface area (Å²) in [7, 11) is 0. The van der Waals surface area contributed by atoms with Crippen molar-refractivity contribution >= 4 is 16.9 Å². The van der Waals surface area contributed by atoms with E-state index in [-0.39, 0.29) is 11.5 Å². The Morgan fingerprint density at radius 1 is 1.38 bits per heavy atom. The zero-order valence-corrected chi connectivity index (χ0v) is 11.7. The second-order valence-corrected chi connectivity index (χ2v) is 4.72. The molecule has 0 aliphatic rings. The van der Waals surface area contributed by atoms with Gasteiger partial charge in [-0.2, -0.15) is 5.10 Å². The first-order valence-corrected chi connectivity index (χ1v) is 6.61. The molecule has 5 nitrogen and oxygen atoms in total. The maximum Gasteiger partial charge on any atom is 0.356 e. The predicted molar refractivity (Wildman–Crippen MR) is 76.5 cm³/mol. The van der Waals surface area contributed by atoms with Crippen molar-refractivity contribution in [2.24, 2.45) is 0 Å². The van der Waals surface area contributed by atoms with Crippen molar-refractivity contribution in [3.63, 3.8) is 0 Å². The van der Waals surface area contributed by atoms with Crippen LogP contribution in [0.4, 0.5) is 4.39 Å². The Labute approximate surface area is 120 Å². The minimum Gasteiger partial charge on any atom is -0.461 e. The zero-order chi connectivity index (χ0) is 15.0. The van der Waals surface area contributed by atoms with E-state index in [0.717, 1.165) is 11.3 Å². The number of ether oxygens (including phenoxy) is 1. The lowest BCUT2D eigenvalue weighted by Gasteiger charge is -2.00. The van der Waals surface area contributed by atoms with Gasteiger partial charge in [-0.25, -0.2) is 9.18 Å². The summed E-state index contributed by atoms with van der Waals surface area (Å²) in [6.07, 6.45) is 0. The molecule has 0 radical (unpaired) electrons. The van der Waals surface area contributed by atoms with Gasteiger partial charge in [-0.1, -0.05) is 0 Å². The number of aromatic nitrogens is 3. The monoisotopic (exact) mass is 287 g/mol. The third kappa shape index (κ3) is 2.29. The summed E-state index contributed by atoms with van der Waals surface area (Å²) in [5.41, 5.74) is 3.08. The zero-order valence-electron chi connectivity index (χ0n) is 11.7. The average Bonchev–Trinajstić information content (AvgIpc) is 3.06. The lowest BCUT2D eigenvalue weighted by atomic mass is 10.1. The lowest BCUT2D eigenvalue weighted by Crippen LogP contribution is -2.04. The number of nitrogens with one attached hydrogen (secondary N) is 2. The van der Waals surface area contributed by atoms with E-state index in [1.807, 2.05) is 6.92 Å². The first kappa shape index (κ1) is 13.4. The molecular formula is C15H14FN3O2. The third-order valence-corrected chi connectivity index (χ3v) is 3.22. The van der Waals surface area contributed by atoms with Crippen molar-refractivity contribution in [1.29, 1.82) is 0 Å². The number of rotatable bonds is 3. The summed E-state index contributed by atoms with van der Waals surface area (Å²) in [5, 5.41) is 7.26. The molecular weight excluding hydrogens is 273 g/mol. The quantitative estimate of drug-likeness (QED) is 0.727. The molecule has 2 N–H and O–H groups in total. The number of aromatic amines is 2. The van der Waals surface area contributed by atoms with Crippen LogP contribution in [0.3, 0.4) is 0 Å². The summed E-state index contributed by atoms with van der Waals surface area (Å²) in [4.78, 5) is 14.8. The molecule has 0 fully saturated rings. The predicted octanol–water partition coefficient (Wildman–Crippen LogP) is 3.18. The first-order valence-electron chi connectivity index (χ1n) is 6.61. The fourth-order valence-corrected chi connectivity index (χ4v) is 2.31. The Bertz CT molecular complexity index is 820. The highest BCUT2D eigenvalue weighted by atomic mass is 19.1. The number of carbonyl (C=O) groups excluding carboxylic acids is 1. The number of benzene rings is 1. The normalized spacial score (nSPS) is 11.0. The van der Waals surface area contributed by atoms with Crippen LogP contribution in [0.1, 0.15) is 23.1 Å². The molecule has 0 amide bonds. The van der Waals surface area contributed by atoms with Gasteiger partial charge < -0.3 is 9.72 Å². The Morgan fingerprint density at radius 3 is 2.95 bits per heavy atom. The van der Waals surface area contributed by atoms with E-state index in [2.05, 4.69) is 15.2 Å². The van der Waals surface area contributed by atoms with E-state index in [4.69, 9.17) is 4.74 Å². The van der Waals surface area contributed by atoms with E-state index in [9.17, 15) is 9.18 Å². The Balaban J connectivity index is 2.09. The smallest absolute Gasteiger partial charge is 0.356 e. The van der Waals surface area contributed by atoms with Crippen LogP contribution < -0.4 is 0 Å². The first-order chi connectivity index (χ1) is 10.1. The Kier molecular flexibility index (Phi) is 3.21. The van der Waals surface area contributed by atoms with Crippen molar-refractivity contribution in [1.82, 2.24) is 15.2 Å². The number of hydrogen-bond acceptors (Lipinski definition) is 3. The number of fused-ring (bicyclic) bond motifs is 1. The number of halogens is 1. The fourth-order valence-electron chi connectivity index (χ4n) is 2.31. The summed E-state index contributed by atoms with van der Waals surface area (Å²) < 4.78 is 18.7. The molecule has 3 rings (SSSR count). The van der Waals surface area contributed by atoms with E-state index in [1.54, 1.807) is 25.1 Å². The highest BCUT2D eigenvalue weighted by molar-refractivity contribution is 5.96. The van der Waals surface area contributed by atoms with Gasteiger partial charge >= 0.3 is 5.97 Å². The van der Waals surface area contributed by atoms with E-state index >= 15 is 0 Å². The second-order valence-electron chi connectivity index (χ2n) is 4.72. The summed E-state index contributed by atoms with van der Waals surface area (Å²) in [6.45, 7) is 3.89. The molecule has 3 aromatic rings.